The van der Waals surface area contributed by atoms with Crippen molar-refractivity contribution in [2.45, 2.75) is 17.9 Å². The Morgan fingerprint density at radius 3 is 2.80 bits per heavy atom. The molecule has 3 rings (SSSR count). The summed E-state index contributed by atoms with van der Waals surface area (Å²) in [6.07, 6.45) is 1.39. The second kappa shape index (κ2) is 7.82. The molecule has 1 aromatic carbocycles. The smallest absolute Gasteiger partial charge is 0.297 e. The second-order valence-electron chi connectivity index (χ2n) is 5.82. The van der Waals surface area contributed by atoms with Gasteiger partial charge in [0.25, 0.3) is 10.1 Å². The van der Waals surface area contributed by atoms with Gasteiger partial charge in [0.15, 0.2) is 0 Å². The molecule has 0 saturated carbocycles. The summed E-state index contributed by atoms with van der Waals surface area (Å²) < 4.78 is 36.3. The Labute approximate surface area is 156 Å². The fourth-order valence-electron chi connectivity index (χ4n) is 2.53. The molecular formula is C17H19BrN2O4S. The zero-order chi connectivity index (χ0) is 17.9. The molecule has 1 aromatic heterocycles. The average molecular weight is 427 g/mol. The number of nitrogens with zero attached hydrogens (tertiary/aromatic N) is 2. The Morgan fingerprint density at radius 1 is 1.32 bits per heavy atom. The fourth-order valence-corrected chi connectivity index (χ4v) is 3.79. The van der Waals surface area contributed by atoms with Crippen LogP contribution in [0.1, 0.15) is 5.56 Å². The van der Waals surface area contributed by atoms with Crippen molar-refractivity contribution < 1.29 is 17.3 Å². The predicted octanol–water partition coefficient (Wildman–Crippen LogP) is 2.76. The molecule has 0 bridgehead atoms. The predicted molar refractivity (Wildman–Crippen MR) is 98.2 cm³/mol. The van der Waals surface area contributed by atoms with E-state index >= 15 is 0 Å². The van der Waals surface area contributed by atoms with E-state index < -0.39 is 10.1 Å². The van der Waals surface area contributed by atoms with Crippen LogP contribution in [0.25, 0.3) is 0 Å². The summed E-state index contributed by atoms with van der Waals surface area (Å²) >= 11 is 3.43. The van der Waals surface area contributed by atoms with Crippen molar-refractivity contribution in [3.8, 4) is 0 Å². The summed E-state index contributed by atoms with van der Waals surface area (Å²) in [5.41, 5.74) is 0.992. The summed E-state index contributed by atoms with van der Waals surface area (Å²) in [5.74, 6) is 0.823. The summed E-state index contributed by atoms with van der Waals surface area (Å²) in [5, 5.41) is 0. The molecule has 0 radical (unpaired) electrons. The zero-order valence-corrected chi connectivity index (χ0v) is 16.2. The maximum atomic E-state index is 12.3. The molecule has 1 unspecified atom stereocenters. The molecule has 0 N–H and O–H groups in total. The highest BCUT2D eigenvalue weighted by molar-refractivity contribution is 9.10. The van der Waals surface area contributed by atoms with Gasteiger partial charge in [0.05, 0.1) is 24.2 Å². The van der Waals surface area contributed by atoms with Crippen LogP contribution in [0.4, 0.5) is 5.82 Å². The normalized spacial score (nSPS) is 18.3. The van der Waals surface area contributed by atoms with Gasteiger partial charge in [-0.05, 0) is 31.2 Å². The molecule has 134 valence electrons. The minimum absolute atomic E-state index is 0.0271. The fraction of sp³-hybridized carbons (Fsp3) is 0.353. The molecule has 8 heteroatoms. The lowest BCUT2D eigenvalue weighted by molar-refractivity contribution is 0.0115. The van der Waals surface area contributed by atoms with Crippen LogP contribution in [0.15, 0.2) is 52.0 Å². The largest absolute Gasteiger partial charge is 0.372 e. The molecule has 1 aliphatic rings. The van der Waals surface area contributed by atoms with E-state index in [1.54, 1.807) is 30.5 Å². The molecular weight excluding hydrogens is 408 g/mol. The third-order valence-corrected chi connectivity index (χ3v) is 5.68. The number of rotatable bonds is 5. The van der Waals surface area contributed by atoms with Crippen LogP contribution >= 0.6 is 15.9 Å². The van der Waals surface area contributed by atoms with Gasteiger partial charge in [0.2, 0.25) is 0 Å². The van der Waals surface area contributed by atoms with E-state index in [2.05, 4.69) is 25.8 Å². The van der Waals surface area contributed by atoms with Gasteiger partial charge in [-0.3, -0.25) is 4.18 Å². The quantitative estimate of drug-likeness (QED) is 0.684. The third-order valence-electron chi connectivity index (χ3n) is 3.89. The molecule has 1 fully saturated rings. The van der Waals surface area contributed by atoms with Crippen LogP contribution in [0.5, 0.6) is 0 Å². The van der Waals surface area contributed by atoms with Crippen molar-refractivity contribution in [3.63, 3.8) is 0 Å². The highest BCUT2D eigenvalue weighted by Crippen LogP contribution is 2.20. The minimum Gasteiger partial charge on any atom is -0.372 e. The Balaban J connectivity index is 1.62. The molecule has 6 nitrogen and oxygen atoms in total. The minimum atomic E-state index is -3.79. The van der Waals surface area contributed by atoms with Gasteiger partial charge in [-0.1, -0.05) is 33.6 Å². The number of benzene rings is 1. The van der Waals surface area contributed by atoms with E-state index in [0.717, 1.165) is 15.9 Å². The lowest BCUT2D eigenvalue weighted by Crippen LogP contribution is -2.45. The van der Waals surface area contributed by atoms with Gasteiger partial charge >= 0.3 is 0 Å². The molecule has 0 spiro atoms. The van der Waals surface area contributed by atoms with E-state index in [1.807, 2.05) is 19.1 Å². The Kier molecular flexibility index (Phi) is 5.73. The summed E-state index contributed by atoms with van der Waals surface area (Å²) in [6, 6.07) is 10.4. The van der Waals surface area contributed by atoms with Crippen molar-refractivity contribution in [2.75, 3.05) is 31.2 Å². The van der Waals surface area contributed by atoms with E-state index in [4.69, 9.17) is 8.92 Å². The summed E-state index contributed by atoms with van der Waals surface area (Å²) in [4.78, 5) is 6.55. The van der Waals surface area contributed by atoms with Gasteiger partial charge in [-0.15, -0.1) is 0 Å². The van der Waals surface area contributed by atoms with Crippen LogP contribution in [-0.4, -0.2) is 45.8 Å². The molecule has 0 amide bonds. The maximum absolute atomic E-state index is 12.3. The van der Waals surface area contributed by atoms with Crippen LogP contribution in [0, 0.1) is 6.92 Å². The Hall–Kier alpha value is -1.48. The van der Waals surface area contributed by atoms with Crippen LogP contribution in [0.3, 0.4) is 0 Å². The highest BCUT2D eigenvalue weighted by atomic mass is 79.9. The number of anilines is 1. The molecule has 2 aromatic rings. The first-order valence-electron chi connectivity index (χ1n) is 7.88. The first kappa shape index (κ1) is 18.3. The Morgan fingerprint density at radius 2 is 2.08 bits per heavy atom. The number of pyridine rings is 1. The van der Waals surface area contributed by atoms with E-state index in [-0.39, 0.29) is 17.6 Å². The zero-order valence-electron chi connectivity index (χ0n) is 13.8. The van der Waals surface area contributed by atoms with Crippen molar-refractivity contribution in [2.24, 2.45) is 0 Å². The third kappa shape index (κ3) is 4.78. The monoisotopic (exact) mass is 426 g/mol. The number of morpholine rings is 1. The SMILES string of the molecule is Cc1ccc(S(=O)(=O)OCC2CN(c3cc(Br)ccn3)CCO2)cc1. The van der Waals surface area contributed by atoms with Crippen LogP contribution < -0.4 is 4.90 Å². The number of halogens is 1. The molecule has 25 heavy (non-hydrogen) atoms. The van der Waals surface area contributed by atoms with Crippen molar-refractivity contribution in [1.29, 1.82) is 0 Å². The highest BCUT2D eigenvalue weighted by Gasteiger charge is 2.25. The van der Waals surface area contributed by atoms with Gasteiger partial charge in [0.1, 0.15) is 5.82 Å². The standard InChI is InChI=1S/C17H19BrN2O4S/c1-13-2-4-16(5-3-13)25(21,22)24-12-15-11-20(8-9-23-15)17-10-14(18)6-7-19-17/h2-7,10,15H,8-9,11-12H2,1H3. The topological polar surface area (TPSA) is 68.7 Å². The number of hydrogen-bond acceptors (Lipinski definition) is 6. The van der Waals surface area contributed by atoms with Crippen molar-refractivity contribution in [1.82, 2.24) is 4.98 Å². The number of aryl methyl sites for hydroxylation is 1. The number of aromatic nitrogens is 1. The average Bonchev–Trinajstić information content (AvgIpc) is 2.61. The molecule has 1 atom stereocenters. The molecule has 0 aliphatic carbocycles. The van der Waals surface area contributed by atoms with E-state index in [1.165, 1.54) is 0 Å². The van der Waals surface area contributed by atoms with Crippen molar-refractivity contribution in [3.05, 3.63) is 52.6 Å². The van der Waals surface area contributed by atoms with E-state index in [0.29, 0.717) is 19.7 Å². The lowest BCUT2D eigenvalue weighted by Gasteiger charge is -2.33. The van der Waals surface area contributed by atoms with Gasteiger partial charge in [0, 0.05) is 23.8 Å². The first-order chi connectivity index (χ1) is 11.9. The second-order valence-corrected chi connectivity index (χ2v) is 8.35. The van der Waals surface area contributed by atoms with Crippen LogP contribution in [0.2, 0.25) is 0 Å². The molecule has 1 aliphatic heterocycles. The number of hydrogen-bond donors (Lipinski definition) is 0. The van der Waals surface area contributed by atoms with Crippen molar-refractivity contribution >= 4 is 31.9 Å². The lowest BCUT2D eigenvalue weighted by atomic mass is 10.2. The maximum Gasteiger partial charge on any atom is 0.297 e. The van der Waals surface area contributed by atoms with Gasteiger partial charge in [-0.2, -0.15) is 8.42 Å². The Bertz CT molecular complexity index is 827. The molecule has 2 heterocycles. The van der Waals surface area contributed by atoms with Crippen LogP contribution in [-0.2, 0) is 19.0 Å². The summed E-state index contributed by atoms with van der Waals surface area (Å²) in [7, 11) is -3.79. The first-order valence-corrected chi connectivity index (χ1v) is 10.1. The number of ether oxygens (including phenoxy) is 1. The van der Waals surface area contributed by atoms with Gasteiger partial charge < -0.3 is 9.64 Å². The molecule has 1 saturated heterocycles. The van der Waals surface area contributed by atoms with Gasteiger partial charge in [-0.25, -0.2) is 4.98 Å². The van der Waals surface area contributed by atoms with E-state index in [9.17, 15) is 8.42 Å². The summed E-state index contributed by atoms with van der Waals surface area (Å²) in [6.45, 7) is 3.59.